The molecule has 3 aromatic rings. The third kappa shape index (κ3) is 9.50. The molecule has 0 saturated carbocycles. The lowest BCUT2D eigenvalue weighted by Crippen LogP contribution is -2.53. The van der Waals surface area contributed by atoms with Gasteiger partial charge in [-0.2, -0.15) is 8.42 Å². The number of nitrogens with one attached hydrogen (secondary N) is 2. The number of para-hydroxylation sites is 2. The van der Waals surface area contributed by atoms with Crippen LogP contribution in [0.5, 0.6) is 0 Å². The third-order valence-corrected chi connectivity index (χ3v) is 11.2. The molecule has 0 spiro atoms. The van der Waals surface area contributed by atoms with Crippen molar-refractivity contribution in [2.45, 2.75) is 50.3 Å². The Bertz CT molecular complexity index is 1950. The molecule has 1 aliphatic heterocycles. The average molecular weight is 737 g/mol. The summed E-state index contributed by atoms with van der Waals surface area (Å²) in [6.07, 6.45) is 11.3. The van der Waals surface area contributed by atoms with Crippen LogP contribution in [0.25, 0.3) is 16.3 Å². The Morgan fingerprint density at radius 1 is 0.960 bits per heavy atom. The number of carbonyl (C=O) groups excluding carboxylic acids is 2. The van der Waals surface area contributed by atoms with E-state index >= 15 is 0 Å². The second-order valence-corrected chi connectivity index (χ2v) is 15.8. The van der Waals surface area contributed by atoms with Crippen LogP contribution in [-0.2, 0) is 24.5 Å². The zero-order chi connectivity index (χ0) is 35.7. The molecule has 50 heavy (non-hydrogen) atoms. The number of hydrogen-bond donors (Lipinski definition) is 4. The van der Waals surface area contributed by atoms with E-state index in [1.165, 1.54) is 11.3 Å². The van der Waals surface area contributed by atoms with E-state index in [1.807, 2.05) is 66.8 Å². The Hall–Kier alpha value is -4.24. The van der Waals surface area contributed by atoms with Crippen molar-refractivity contribution in [1.29, 1.82) is 0 Å². The van der Waals surface area contributed by atoms with Gasteiger partial charge in [0.1, 0.15) is 10.4 Å². The summed E-state index contributed by atoms with van der Waals surface area (Å²) in [4.78, 5) is 47.0. The molecule has 0 fully saturated rings. The Balaban J connectivity index is 1.48. The fourth-order valence-electron chi connectivity index (χ4n) is 5.97. The fraction of sp³-hybridized carbons (Fsp3) is 0.333. The number of carboxylic acid groups (broad SMARTS) is 1. The molecule has 1 unspecified atom stereocenters. The van der Waals surface area contributed by atoms with Crippen molar-refractivity contribution >= 4 is 73.0 Å². The summed E-state index contributed by atoms with van der Waals surface area (Å²) >= 11 is 3.16. The Morgan fingerprint density at radius 2 is 1.70 bits per heavy atom. The van der Waals surface area contributed by atoms with Crippen LogP contribution in [0.4, 0.5) is 5.69 Å². The van der Waals surface area contributed by atoms with Crippen molar-refractivity contribution in [2.24, 2.45) is 5.41 Å². The molecule has 2 aliphatic rings. The number of hydrogen-bond acceptors (Lipinski definition) is 9. The quantitative estimate of drug-likeness (QED) is 0.0804. The first-order valence-corrected chi connectivity index (χ1v) is 19.6. The molecule has 0 saturated heterocycles. The first-order chi connectivity index (χ1) is 24.0. The molecule has 1 aromatic heterocycles. The maximum absolute atomic E-state index is 14.1. The van der Waals surface area contributed by atoms with Gasteiger partial charge in [-0.3, -0.25) is 18.9 Å². The minimum Gasteiger partial charge on any atom is -0.481 e. The summed E-state index contributed by atoms with van der Waals surface area (Å²) in [5, 5.41) is 16.2. The van der Waals surface area contributed by atoms with Crippen molar-refractivity contribution in [3.8, 4) is 0 Å². The number of aromatic nitrogens is 1. The van der Waals surface area contributed by atoms with Crippen molar-refractivity contribution in [3.63, 3.8) is 0 Å². The van der Waals surface area contributed by atoms with Gasteiger partial charge in [-0.15, -0.1) is 11.3 Å². The molecule has 2 amide bonds. The number of aliphatic carboxylic acids is 1. The number of benzene rings is 2. The van der Waals surface area contributed by atoms with Crippen LogP contribution >= 0.6 is 23.1 Å². The standard InChI is InChI=1S/C36H40N4O7S3/c1-2-40-28-11-6-8-13-30(28)49-32(40)18-16-26-22-25(15-17-31-39-27-10-5-7-12-29(27)48-31)23-36(24-26,35(44)38-20-21-50(45,46)47)34(43)37-19-9-3-4-14-33(41)42/h5-8,10-13,15-18,22H,2-4,9,14,19-21,23-24H2,1H3,(H,37,43)(H,38,44)(H,41,42)(H,45,46,47)/b17-15+,26-16-,32-18-. The molecular formula is C36H40N4O7S3. The number of fused-ring (bicyclic) bond motifs is 2. The van der Waals surface area contributed by atoms with Crippen LogP contribution in [0, 0.1) is 5.41 Å². The number of nitrogens with zero attached hydrogens (tertiary/aromatic N) is 2. The van der Waals surface area contributed by atoms with Crippen molar-refractivity contribution in [2.75, 3.05) is 30.3 Å². The van der Waals surface area contributed by atoms with Crippen molar-refractivity contribution < 1.29 is 32.5 Å². The SMILES string of the molecule is CCN1/C(=C/C=C2C=C(/C=C/c3nc4ccccc4s3)CC(C(=O)NCCCCCC(=O)O)(C(=O)NCCS(=O)(=O)O)C/2)Sc2ccccc21. The number of carboxylic acids is 1. The summed E-state index contributed by atoms with van der Waals surface area (Å²) in [5.74, 6) is -2.75. The number of thiazole rings is 1. The maximum atomic E-state index is 14.1. The lowest BCUT2D eigenvalue weighted by molar-refractivity contribution is -0.144. The molecule has 0 radical (unpaired) electrons. The highest BCUT2D eigenvalue weighted by molar-refractivity contribution is 8.03. The van der Waals surface area contributed by atoms with E-state index in [0.29, 0.717) is 24.8 Å². The van der Waals surface area contributed by atoms with Crippen LogP contribution in [-0.4, -0.2) is 66.2 Å². The van der Waals surface area contributed by atoms with Crippen LogP contribution in [0.1, 0.15) is 50.5 Å². The Labute approximate surface area is 300 Å². The zero-order valence-electron chi connectivity index (χ0n) is 27.6. The van der Waals surface area contributed by atoms with E-state index in [1.54, 1.807) is 11.8 Å². The van der Waals surface area contributed by atoms with E-state index in [-0.39, 0.29) is 32.4 Å². The van der Waals surface area contributed by atoms with Gasteiger partial charge in [0.2, 0.25) is 11.8 Å². The van der Waals surface area contributed by atoms with Gasteiger partial charge < -0.3 is 20.6 Å². The highest BCUT2D eigenvalue weighted by Gasteiger charge is 2.48. The number of anilines is 1. The lowest BCUT2D eigenvalue weighted by atomic mass is 9.70. The van der Waals surface area contributed by atoms with Crippen LogP contribution in [0.2, 0.25) is 0 Å². The smallest absolute Gasteiger partial charge is 0.303 e. The number of rotatable bonds is 15. The minimum atomic E-state index is -4.35. The molecule has 14 heteroatoms. The number of thioether (sulfide) groups is 1. The topological polar surface area (TPSA) is 166 Å². The summed E-state index contributed by atoms with van der Waals surface area (Å²) in [6.45, 7) is 2.69. The number of unbranched alkanes of at least 4 members (excludes halogenated alkanes) is 2. The Kier molecular flexibility index (Phi) is 12.3. The highest BCUT2D eigenvalue weighted by Crippen LogP contribution is 2.46. The maximum Gasteiger partial charge on any atom is 0.303 e. The summed E-state index contributed by atoms with van der Waals surface area (Å²) in [7, 11) is -4.35. The summed E-state index contributed by atoms with van der Waals surface area (Å²) < 4.78 is 33.2. The number of carbonyl (C=O) groups is 3. The van der Waals surface area contributed by atoms with E-state index in [9.17, 15) is 27.4 Å². The van der Waals surface area contributed by atoms with Gasteiger partial charge in [-0.25, -0.2) is 4.98 Å². The van der Waals surface area contributed by atoms with Crippen LogP contribution in [0.3, 0.4) is 0 Å². The third-order valence-electron chi connectivity index (χ3n) is 8.39. The average Bonchev–Trinajstić information content (AvgIpc) is 3.67. The molecule has 4 N–H and O–H groups in total. The minimum absolute atomic E-state index is 0.0334. The predicted octanol–water partition coefficient (Wildman–Crippen LogP) is 6.18. The number of amides is 2. The largest absolute Gasteiger partial charge is 0.481 e. The number of allylic oxidation sites excluding steroid dienone is 6. The van der Waals surface area contributed by atoms with Crippen LogP contribution in [0.15, 0.2) is 93.9 Å². The van der Waals surface area contributed by atoms with E-state index in [0.717, 1.165) is 43.0 Å². The Morgan fingerprint density at radius 3 is 2.44 bits per heavy atom. The second kappa shape index (κ2) is 16.6. The van der Waals surface area contributed by atoms with Gasteiger partial charge in [0.25, 0.3) is 10.1 Å². The molecule has 5 rings (SSSR count). The summed E-state index contributed by atoms with van der Waals surface area (Å²) in [6, 6.07) is 15.9. The van der Waals surface area contributed by atoms with Crippen molar-refractivity contribution in [3.05, 3.63) is 94.0 Å². The molecule has 264 valence electrons. The fourth-order valence-corrected chi connectivity index (χ4v) is 8.33. The predicted molar refractivity (Wildman–Crippen MR) is 198 cm³/mol. The summed E-state index contributed by atoms with van der Waals surface area (Å²) in [5.41, 5.74) is 1.77. The van der Waals surface area contributed by atoms with Gasteiger partial charge in [-0.05, 0) is 80.2 Å². The molecule has 2 heterocycles. The van der Waals surface area contributed by atoms with Gasteiger partial charge in [-0.1, -0.05) is 60.7 Å². The zero-order valence-corrected chi connectivity index (χ0v) is 30.1. The molecule has 0 bridgehead atoms. The highest BCUT2D eigenvalue weighted by atomic mass is 32.2. The van der Waals surface area contributed by atoms with Crippen molar-refractivity contribution in [1.82, 2.24) is 15.6 Å². The van der Waals surface area contributed by atoms with Gasteiger partial charge in [0.05, 0.1) is 26.7 Å². The van der Waals surface area contributed by atoms with Crippen LogP contribution < -0.4 is 15.5 Å². The molecule has 2 aromatic carbocycles. The van der Waals surface area contributed by atoms with E-state index in [4.69, 9.17) is 5.11 Å². The monoisotopic (exact) mass is 736 g/mol. The van der Waals surface area contributed by atoms with E-state index < -0.39 is 39.1 Å². The molecule has 1 atom stereocenters. The molecule has 1 aliphatic carbocycles. The molecule has 11 nitrogen and oxygen atoms in total. The van der Waals surface area contributed by atoms with Gasteiger partial charge in [0.15, 0.2) is 0 Å². The second-order valence-electron chi connectivity index (χ2n) is 12.1. The lowest BCUT2D eigenvalue weighted by Gasteiger charge is -2.35. The van der Waals surface area contributed by atoms with E-state index in [2.05, 4.69) is 39.6 Å². The normalized spacial score (nSPS) is 19.2. The molecular weight excluding hydrogens is 697 g/mol. The first-order valence-electron chi connectivity index (χ1n) is 16.4. The first kappa shape index (κ1) is 37.0. The van der Waals surface area contributed by atoms with Gasteiger partial charge >= 0.3 is 5.97 Å². The van der Waals surface area contributed by atoms with Gasteiger partial charge in [0, 0.05) is 31.0 Å².